The lowest BCUT2D eigenvalue weighted by molar-refractivity contribution is 0.620. The summed E-state index contributed by atoms with van der Waals surface area (Å²) in [6, 6.07) is 62.5. The lowest BCUT2D eigenvalue weighted by Gasteiger charge is -2.10. The molecule has 4 heteroatoms. The lowest BCUT2D eigenvalue weighted by Crippen LogP contribution is -1.92. The number of para-hydroxylation sites is 2. The van der Waals surface area contributed by atoms with Crippen molar-refractivity contribution in [2.24, 2.45) is 4.99 Å². The molecule has 0 saturated carbocycles. The lowest BCUT2D eigenvalue weighted by atomic mass is 9.94. The fourth-order valence-electron chi connectivity index (χ4n) is 8.09. The molecule has 10 aromatic rings. The highest BCUT2D eigenvalue weighted by Crippen LogP contribution is 2.40. The molecule has 2 heterocycles. The van der Waals surface area contributed by atoms with Gasteiger partial charge in [-0.1, -0.05) is 121 Å². The van der Waals surface area contributed by atoms with Crippen LogP contribution >= 0.6 is 0 Å². The smallest absolute Gasteiger partial charge is 0.227 e. The zero-order valence-corrected chi connectivity index (χ0v) is 31.4. The van der Waals surface area contributed by atoms with Gasteiger partial charge in [0.05, 0.1) is 11.0 Å². The Morgan fingerprint density at radius 1 is 0.579 bits per heavy atom. The van der Waals surface area contributed by atoms with E-state index in [-0.39, 0.29) is 0 Å². The molecule has 4 nitrogen and oxygen atoms in total. The van der Waals surface area contributed by atoms with E-state index in [0.29, 0.717) is 5.89 Å². The van der Waals surface area contributed by atoms with Crippen LogP contribution in [0.25, 0.3) is 99.8 Å². The SMILES string of the molecule is C=N/C=C\C=C(/C)c1cccc(-c2cc(-c3ccc4c(c3)c3ccccc3n4-c3ccccc3)cc3oc(-c4ccc(-c5cccc6ccccc56)cc4)nc23)c1. The number of fused-ring (bicyclic) bond motifs is 5. The molecule has 0 spiro atoms. The highest BCUT2D eigenvalue weighted by Gasteiger charge is 2.18. The number of rotatable bonds is 8. The second-order valence-electron chi connectivity index (χ2n) is 14.4. The van der Waals surface area contributed by atoms with Crippen LogP contribution < -0.4 is 0 Å². The van der Waals surface area contributed by atoms with Gasteiger partial charge in [-0.15, -0.1) is 0 Å². The van der Waals surface area contributed by atoms with Gasteiger partial charge >= 0.3 is 0 Å². The first kappa shape index (κ1) is 34.0. The van der Waals surface area contributed by atoms with Gasteiger partial charge in [-0.25, -0.2) is 4.98 Å². The van der Waals surface area contributed by atoms with E-state index < -0.39 is 0 Å². The molecule has 0 unspecified atom stereocenters. The van der Waals surface area contributed by atoms with Crippen LogP contribution in [0.4, 0.5) is 0 Å². The molecule has 2 aromatic heterocycles. The molecule has 0 aliphatic carbocycles. The average molecular weight is 732 g/mol. The van der Waals surface area contributed by atoms with Crippen molar-refractivity contribution in [2.45, 2.75) is 6.92 Å². The number of hydrogen-bond donors (Lipinski definition) is 0. The number of allylic oxidation sites excluding steroid dienone is 3. The largest absolute Gasteiger partial charge is 0.436 e. The average Bonchev–Trinajstić information content (AvgIpc) is 3.86. The van der Waals surface area contributed by atoms with E-state index in [4.69, 9.17) is 9.40 Å². The molecule has 0 bridgehead atoms. The van der Waals surface area contributed by atoms with Gasteiger partial charge in [-0.3, -0.25) is 4.99 Å². The van der Waals surface area contributed by atoms with Crippen molar-refractivity contribution in [3.63, 3.8) is 0 Å². The second kappa shape index (κ2) is 14.3. The van der Waals surface area contributed by atoms with Gasteiger partial charge in [0.2, 0.25) is 5.89 Å². The van der Waals surface area contributed by atoms with Crippen molar-refractivity contribution in [3.05, 3.63) is 200 Å². The monoisotopic (exact) mass is 731 g/mol. The molecule has 0 atom stereocenters. The van der Waals surface area contributed by atoms with Gasteiger partial charge in [-0.05, 0) is 130 Å². The summed E-state index contributed by atoms with van der Waals surface area (Å²) in [4.78, 5) is 9.05. The standard InChI is InChI=1S/C53H37N3O/c1-35(13-12-30-54-2)39-16-10-17-41(31-39)47-33-42(40-28-29-50-48(32-40)46-21-8-9-23-49(46)56(50)43-18-4-3-5-19-43)34-51-52(47)55-53(57-51)38-26-24-37(25-27-38)45-22-11-15-36-14-6-7-20-44(36)45/h3-34H,2H2,1H3/b30-12-,35-13+. The van der Waals surface area contributed by atoms with Crippen LogP contribution in [0.5, 0.6) is 0 Å². The van der Waals surface area contributed by atoms with Gasteiger partial charge in [0.15, 0.2) is 5.58 Å². The predicted molar refractivity (Wildman–Crippen MR) is 240 cm³/mol. The molecule has 0 aliphatic heterocycles. The minimum Gasteiger partial charge on any atom is -0.436 e. The van der Waals surface area contributed by atoms with E-state index in [0.717, 1.165) is 66.8 Å². The maximum absolute atomic E-state index is 6.70. The van der Waals surface area contributed by atoms with Crippen molar-refractivity contribution in [2.75, 3.05) is 0 Å². The summed E-state index contributed by atoms with van der Waals surface area (Å²) in [5, 5.41) is 4.87. The number of aliphatic imine (C=N–C) groups is 1. The van der Waals surface area contributed by atoms with Crippen LogP contribution in [0, 0.1) is 0 Å². The van der Waals surface area contributed by atoms with Gasteiger partial charge in [0, 0.05) is 33.8 Å². The first-order valence-electron chi connectivity index (χ1n) is 19.2. The Morgan fingerprint density at radius 2 is 1.30 bits per heavy atom. The van der Waals surface area contributed by atoms with Crippen molar-refractivity contribution in [1.82, 2.24) is 9.55 Å². The van der Waals surface area contributed by atoms with Crippen LogP contribution in [-0.2, 0) is 0 Å². The first-order chi connectivity index (χ1) is 28.1. The third kappa shape index (κ3) is 6.14. The van der Waals surface area contributed by atoms with Gasteiger partial charge < -0.3 is 8.98 Å². The Bertz CT molecular complexity index is 3190. The third-order valence-corrected chi connectivity index (χ3v) is 10.9. The van der Waals surface area contributed by atoms with E-state index in [2.05, 4.69) is 205 Å². The number of hydrogen-bond acceptors (Lipinski definition) is 3. The first-order valence-corrected chi connectivity index (χ1v) is 19.2. The molecule has 8 aromatic carbocycles. The summed E-state index contributed by atoms with van der Waals surface area (Å²) >= 11 is 0. The van der Waals surface area contributed by atoms with Crippen LogP contribution in [0.15, 0.2) is 204 Å². The molecule has 0 saturated heterocycles. The van der Waals surface area contributed by atoms with Crippen LogP contribution in [0.3, 0.4) is 0 Å². The predicted octanol–water partition coefficient (Wildman–Crippen LogP) is 14.4. The molecule has 10 rings (SSSR count). The van der Waals surface area contributed by atoms with Crippen molar-refractivity contribution < 1.29 is 4.42 Å². The fourth-order valence-corrected chi connectivity index (χ4v) is 8.09. The van der Waals surface area contributed by atoms with Crippen LogP contribution in [0.2, 0.25) is 0 Å². The van der Waals surface area contributed by atoms with Gasteiger partial charge in [0.25, 0.3) is 0 Å². The van der Waals surface area contributed by atoms with Gasteiger partial charge in [0.1, 0.15) is 5.52 Å². The van der Waals surface area contributed by atoms with E-state index in [1.807, 2.05) is 6.08 Å². The number of nitrogens with zero attached hydrogens (tertiary/aromatic N) is 3. The van der Waals surface area contributed by atoms with Gasteiger partial charge in [-0.2, -0.15) is 0 Å². The summed E-state index contributed by atoms with van der Waals surface area (Å²) < 4.78 is 9.05. The topological polar surface area (TPSA) is 43.3 Å². The summed E-state index contributed by atoms with van der Waals surface area (Å²) in [5.74, 6) is 0.587. The normalized spacial score (nSPS) is 12.1. The highest BCUT2D eigenvalue weighted by atomic mass is 16.3. The molecule has 0 radical (unpaired) electrons. The fraction of sp³-hybridized carbons (Fsp3) is 0.0189. The molecule has 270 valence electrons. The molecular weight excluding hydrogens is 695 g/mol. The Morgan fingerprint density at radius 3 is 2.16 bits per heavy atom. The Hall–Kier alpha value is -7.56. The third-order valence-electron chi connectivity index (χ3n) is 10.9. The van der Waals surface area contributed by atoms with E-state index in [9.17, 15) is 0 Å². The Balaban J connectivity index is 1.13. The van der Waals surface area contributed by atoms with Crippen molar-refractivity contribution >= 4 is 56.0 Å². The minimum absolute atomic E-state index is 0.587. The summed E-state index contributed by atoms with van der Waals surface area (Å²) in [6.45, 7) is 5.67. The van der Waals surface area contributed by atoms with E-state index in [1.165, 1.54) is 32.6 Å². The van der Waals surface area contributed by atoms with Crippen molar-refractivity contribution in [3.8, 4) is 50.5 Å². The molecule has 0 N–H and O–H groups in total. The van der Waals surface area contributed by atoms with E-state index in [1.54, 1.807) is 6.20 Å². The summed E-state index contributed by atoms with van der Waals surface area (Å²) in [7, 11) is 0. The number of aromatic nitrogens is 2. The quantitative estimate of drug-likeness (QED) is 0.115. The maximum atomic E-state index is 6.70. The van der Waals surface area contributed by atoms with Crippen LogP contribution in [-0.4, -0.2) is 16.3 Å². The van der Waals surface area contributed by atoms with Crippen molar-refractivity contribution in [1.29, 1.82) is 0 Å². The zero-order chi connectivity index (χ0) is 38.3. The Labute approximate surface area is 331 Å². The molecule has 0 fully saturated rings. The van der Waals surface area contributed by atoms with E-state index >= 15 is 0 Å². The number of benzene rings is 8. The molecule has 0 amide bonds. The highest BCUT2D eigenvalue weighted by molar-refractivity contribution is 6.11. The summed E-state index contributed by atoms with van der Waals surface area (Å²) in [5.41, 5.74) is 14.8. The maximum Gasteiger partial charge on any atom is 0.227 e. The second-order valence-corrected chi connectivity index (χ2v) is 14.4. The zero-order valence-electron chi connectivity index (χ0n) is 31.4. The molecule has 57 heavy (non-hydrogen) atoms. The molecule has 0 aliphatic rings. The number of oxazole rings is 1. The minimum atomic E-state index is 0.587. The Kier molecular flexibility index (Phi) is 8.50. The summed E-state index contributed by atoms with van der Waals surface area (Å²) in [6.07, 6.45) is 5.66. The molecular formula is C53H37N3O. The van der Waals surface area contributed by atoms with Crippen LogP contribution in [0.1, 0.15) is 12.5 Å².